The molecular weight excluding hydrogens is 336 g/mol. The summed E-state index contributed by atoms with van der Waals surface area (Å²) in [6.45, 7) is 1.45. The summed E-state index contributed by atoms with van der Waals surface area (Å²) in [4.78, 5) is 22.6. The number of hydrogen-bond acceptors (Lipinski definition) is 5. The number of nitrogens with zero attached hydrogens (tertiary/aromatic N) is 1. The van der Waals surface area contributed by atoms with Gasteiger partial charge in [0.05, 0.1) is 19.7 Å². The largest absolute Gasteiger partial charge is 0.497 e. The van der Waals surface area contributed by atoms with Crippen LogP contribution in [-0.4, -0.2) is 36.4 Å². The smallest absolute Gasteiger partial charge is 0.344 e. The highest BCUT2D eigenvalue weighted by atomic mass is 16.5. The lowest BCUT2D eigenvalue weighted by atomic mass is 10.1. The Morgan fingerprint density at radius 3 is 2.31 bits per heavy atom. The van der Waals surface area contributed by atoms with Gasteiger partial charge in [0.15, 0.2) is 6.10 Å². The van der Waals surface area contributed by atoms with Crippen molar-refractivity contribution in [1.82, 2.24) is 5.43 Å². The monoisotopic (exact) mass is 356 g/mol. The number of ether oxygens (including phenoxy) is 2. The Morgan fingerprint density at radius 2 is 1.73 bits per heavy atom. The molecule has 1 amide bonds. The second-order valence-corrected chi connectivity index (χ2v) is 5.49. The van der Waals surface area contributed by atoms with E-state index in [1.165, 1.54) is 13.1 Å². The Morgan fingerprint density at radius 1 is 1.12 bits per heavy atom. The van der Waals surface area contributed by atoms with Gasteiger partial charge in [0, 0.05) is 0 Å². The third-order valence-corrected chi connectivity index (χ3v) is 3.47. The van der Waals surface area contributed by atoms with Crippen LogP contribution in [0.2, 0.25) is 0 Å². The molecule has 0 aromatic heterocycles. The van der Waals surface area contributed by atoms with Crippen molar-refractivity contribution in [2.45, 2.75) is 19.4 Å². The molecule has 7 heteroatoms. The predicted octanol–water partition coefficient (Wildman–Crippen LogP) is 2.24. The number of hydrazone groups is 1. The van der Waals surface area contributed by atoms with E-state index in [4.69, 9.17) is 14.6 Å². The van der Waals surface area contributed by atoms with E-state index in [2.05, 4.69) is 10.5 Å². The fraction of sp³-hybridized carbons (Fsp3) is 0.211. The molecule has 2 rings (SSSR count). The zero-order valence-electron chi connectivity index (χ0n) is 14.5. The minimum atomic E-state index is -1.03. The molecule has 0 heterocycles. The second kappa shape index (κ2) is 9.22. The molecule has 0 radical (unpaired) electrons. The third kappa shape index (κ3) is 5.94. The zero-order valence-corrected chi connectivity index (χ0v) is 14.5. The first-order valence-corrected chi connectivity index (χ1v) is 7.92. The number of aliphatic carboxylic acids is 1. The molecule has 0 unspecified atom stereocenters. The maximum atomic E-state index is 11.9. The lowest BCUT2D eigenvalue weighted by molar-refractivity contribution is -0.144. The summed E-state index contributed by atoms with van der Waals surface area (Å²) in [6.07, 6.45) is 0.782. The summed E-state index contributed by atoms with van der Waals surface area (Å²) >= 11 is 0. The summed E-state index contributed by atoms with van der Waals surface area (Å²) in [7, 11) is 1.59. The van der Waals surface area contributed by atoms with Crippen molar-refractivity contribution in [3.8, 4) is 11.5 Å². The number of carboxylic acid groups (broad SMARTS) is 1. The topological polar surface area (TPSA) is 97.2 Å². The van der Waals surface area contributed by atoms with Crippen molar-refractivity contribution in [2.75, 3.05) is 7.11 Å². The van der Waals surface area contributed by atoms with Crippen molar-refractivity contribution in [3.63, 3.8) is 0 Å². The molecule has 2 aromatic rings. The highest BCUT2D eigenvalue weighted by molar-refractivity contribution is 5.83. The maximum Gasteiger partial charge on any atom is 0.344 e. The fourth-order valence-corrected chi connectivity index (χ4v) is 2.03. The molecule has 7 nitrogen and oxygen atoms in total. The molecule has 0 bridgehead atoms. The quantitative estimate of drug-likeness (QED) is 0.558. The normalized spacial score (nSPS) is 11.8. The van der Waals surface area contributed by atoms with E-state index in [-0.39, 0.29) is 12.3 Å². The Bertz CT molecular complexity index is 770. The van der Waals surface area contributed by atoms with Crippen LogP contribution in [-0.2, 0) is 16.0 Å². The van der Waals surface area contributed by atoms with Crippen LogP contribution in [0.4, 0.5) is 0 Å². The molecule has 0 fully saturated rings. The average molecular weight is 356 g/mol. The molecule has 0 aliphatic carbocycles. The summed E-state index contributed by atoms with van der Waals surface area (Å²) in [6, 6.07) is 13.9. The Kier molecular flexibility index (Phi) is 6.73. The molecule has 0 saturated carbocycles. The second-order valence-electron chi connectivity index (χ2n) is 5.49. The van der Waals surface area contributed by atoms with Crippen molar-refractivity contribution in [2.24, 2.45) is 5.10 Å². The van der Waals surface area contributed by atoms with Gasteiger partial charge >= 0.3 is 5.97 Å². The first-order chi connectivity index (χ1) is 12.5. The number of nitrogens with one attached hydrogen (secondary N) is 1. The highest BCUT2D eigenvalue weighted by Gasteiger charge is 2.11. The van der Waals surface area contributed by atoms with E-state index in [0.717, 1.165) is 16.9 Å². The molecule has 136 valence electrons. The van der Waals surface area contributed by atoms with Gasteiger partial charge in [0.1, 0.15) is 11.5 Å². The number of benzene rings is 2. The van der Waals surface area contributed by atoms with Gasteiger partial charge in [-0.15, -0.1) is 0 Å². The summed E-state index contributed by atoms with van der Waals surface area (Å²) in [5.74, 6) is -0.0881. The number of carbonyl (C=O) groups is 2. The van der Waals surface area contributed by atoms with E-state index in [1.807, 2.05) is 12.1 Å². The highest BCUT2D eigenvalue weighted by Crippen LogP contribution is 2.13. The Balaban J connectivity index is 1.83. The van der Waals surface area contributed by atoms with E-state index >= 15 is 0 Å². The van der Waals surface area contributed by atoms with Gasteiger partial charge in [-0.1, -0.05) is 12.1 Å². The molecule has 2 aromatic carbocycles. The van der Waals surface area contributed by atoms with Crippen molar-refractivity contribution < 1.29 is 24.2 Å². The van der Waals surface area contributed by atoms with Gasteiger partial charge in [-0.2, -0.15) is 5.10 Å². The van der Waals surface area contributed by atoms with Gasteiger partial charge in [-0.25, -0.2) is 10.2 Å². The fourth-order valence-electron chi connectivity index (χ4n) is 2.03. The molecular formula is C19H20N2O5. The number of methoxy groups -OCH3 is 1. The SMILES string of the molecule is COc1ccc(CC(=O)N/N=C\c2ccc(O[C@H](C)C(=O)O)cc2)cc1. The molecule has 0 saturated heterocycles. The summed E-state index contributed by atoms with van der Waals surface area (Å²) < 4.78 is 10.3. The van der Waals surface area contributed by atoms with Gasteiger partial charge in [0.2, 0.25) is 5.91 Å². The Labute approximate surface area is 151 Å². The van der Waals surface area contributed by atoms with Crippen LogP contribution in [0.3, 0.4) is 0 Å². The molecule has 1 atom stereocenters. The first kappa shape index (κ1) is 19.0. The predicted molar refractivity (Wildman–Crippen MR) is 96.6 cm³/mol. The van der Waals surface area contributed by atoms with Crippen molar-refractivity contribution in [3.05, 3.63) is 59.7 Å². The van der Waals surface area contributed by atoms with Gasteiger partial charge < -0.3 is 14.6 Å². The average Bonchev–Trinajstić information content (AvgIpc) is 2.63. The van der Waals surface area contributed by atoms with Crippen LogP contribution in [0.5, 0.6) is 11.5 Å². The maximum absolute atomic E-state index is 11.9. The number of carbonyl (C=O) groups excluding carboxylic acids is 1. The lowest BCUT2D eigenvalue weighted by Gasteiger charge is -2.09. The van der Waals surface area contributed by atoms with Crippen molar-refractivity contribution in [1.29, 1.82) is 0 Å². The van der Waals surface area contributed by atoms with Crippen LogP contribution in [0, 0.1) is 0 Å². The standard InChI is InChI=1S/C19H20N2O5/c1-13(19(23)24)26-17-9-5-15(6-10-17)12-20-21-18(22)11-14-3-7-16(25-2)8-4-14/h3-10,12-13H,11H2,1-2H3,(H,21,22)(H,23,24)/b20-12-/t13-/m1/s1. The molecule has 2 N–H and O–H groups in total. The minimum Gasteiger partial charge on any atom is -0.497 e. The van der Waals surface area contributed by atoms with Crippen LogP contribution in [0.25, 0.3) is 0 Å². The third-order valence-electron chi connectivity index (χ3n) is 3.47. The van der Waals surface area contributed by atoms with E-state index in [1.54, 1.807) is 43.5 Å². The van der Waals surface area contributed by atoms with E-state index in [9.17, 15) is 9.59 Å². The summed E-state index contributed by atoms with van der Waals surface area (Å²) in [5.41, 5.74) is 4.06. The van der Waals surface area contributed by atoms with E-state index < -0.39 is 12.1 Å². The summed E-state index contributed by atoms with van der Waals surface area (Å²) in [5, 5.41) is 12.7. The van der Waals surface area contributed by atoms with E-state index in [0.29, 0.717) is 5.75 Å². The van der Waals surface area contributed by atoms with Crippen molar-refractivity contribution >= 4 is 18.1 Å². The van der Waals surface area contributed by atoms with Crippen LogP contribution in [0.15, 0.2) is 53.6 Å². The molecule has 0 spiro atoms. The Hall–Kier alpha value is -3.35. The van der Waals surface area contributed by atoms with Gasteiger partial charge in [-0.3, -0.25) is 4.79 Å². The molecule has 26 heavy (non-hydrogen) atoms. The van der Waals surface area contributed by atoms with Gasteiger partial charge in [-0.05, 0) is 54.4 Å². The number of hydrogen-bond donors (Lipinski definition) is 2. The van der Waals surface area contributed by atoms with Crippen LogP contribution < -0.4 is 14.9 Å². The number of rotatable bonds is 8. The first-order valence-electron chi connectivity index (χ1n) is 7.92. The lowest BCUT2D eigenvalue weighted by Crippen LogP contribution is -2.22. The van der Waals surface area contributed by atoms with Crippen LogP contribution >= 0.6 is 0 Å². The number of amides is 1. The number of carboxylic acids is 1. The molecule has 0 aliphatic rings. The molecule has 0 aliphatic heterocycles. The van der Waals surface area contributed by atoms with Crippen LogP contribution in [0.1, 0.15) is 18.1 Å². The minimum absolute atomic E-state index is 0.210. The zero-order chi connectivity index (χ0) is 18.9. The van der Waals surface area contributed by atoms with Gasteiger partial charge in [0.25, 0.3) is 0 Å².